The molecular formula is C15H10BrN3O2S. The molecule has 7 heteroatoms. The molecule has 2 aromatic heterocycles. The minimum absolute atomic E-state index is 0.0656. The first-order valence-corrected chi connectivity index (χ1v) is 8.00. The molecule has 22 heavy (non-hydrogen) atoms. The molecule has 0 aliphatic rings. The molecule has 0 unspecified atom stereocenters. The lowest BCUT2D eigenvalue weighted by Gasteiger charge is -1.96. The van der Waals surface area contributed by atoms with E-state index in [1.807, 2.05) is 41.8 Å². The van der Waals surface area contributed by atoms with Crippen molar-refractivity contribution in [3.63, 3.8) is 0 Å². The maximum absolute atomic E-state index is 11.8. The Morgan fingerprint density at radius 3 is 2.95 bits per heavy atom. The first-order chi connectivity index (χ1) is 10.7. The molecule has 1 N–H and O–H groups in total. The van der Waals surface area contributed by atoms with Crippen LogP contribution in [0.15, 0.2) is 56.7 Å². The van der Waals surface area contributed by atoms with Crippen LogP contribution in [0.4, 0.5) is 6.01 Å². The standard InChI is InChI=1S/C15H10BrN3O2S/c16-11-4-1-3-10(9-11)14-18-19-15(21-14)17-13(20)7-6-12-5-2-8-22-12/h1-9H,(H,17,19,20). The highest BCUT2D eigenvalue weighted by Crippen LogP contribution is 2.23. The van der Waals surface area contributed by atoms with Crippen LogP contribution in [0.25, 0.3) is 17.5 Å². The largest absolute Gasteiger partial charge is 0.403 e. The number of halogens is 1. The minimum atomic E-state index is -0.321. The highest BCUT2D eigenvalue weighted by atomic mass is 79.9. The van der Waals surface area contributed by atoms with E-state index < -0.39 is 0 Å². The number of amides is 1. The van der Waals surface area contributed by atoms with Gasteiger partial charge >= 0.3 is 6.01 Å². The molecule has 5 nitrogen and oxygen atoms in total. The highest BCUT2D eigenvalue weighted by Gasteiger charge is 2.10. The summed E-state index contributed by atoms with van der Waals surface area (Å²) in [4.78, 5) is 12.8. The van der Waals surface area contributed by atoms with E-state index in [-0.39, 0.29) is 11.9 Å². The summed E-state index contributed by atoms with van der Waals surface area (Å²) < 4.78 is 6.34. The quantitative estimate of drug-likeness (QED) is 0.693. The molecule has 2 heterocycles. The summed E-state index contributed by atoms with van der Waals surface area (Å²) >= 11 is 4.93. The second kappa shape index (κ2) is 6.67. The van der Waals surface area contributed by atoms with Crippen LogP contribution in [0.2, 0.25) is 0 Å². The molecule has 0 aliphatic carbocycles. The van der Waals surface area contributed by atoms with Crippen LogP contribution in [0, 0.1) is 0 Å². The number of carbonyl (C=O) groups is 1. The molecule has 1 amide bonds. The molecule has 3 rings (SSSR count). The van der Waals surface area contributed by atoms with Gasteiger partial charge in [-0.25, -0.2) is 0 Å². The van der Waals surface area contributed by atoms with Crippen LogP contribution >= 0.6 is 27.3 Å². The normalized spacial score (nSPS) is 11.0. The summed E-state index contributed by atoms with van der Waals surface area (Å²) in [7, 11) is 0. The van der Waals surface area contributed by atoms with Crippen molar-refractivity contribution < 1.29 is 9.21 Å². The predicted molar refractivity (Wildman–Crippen MR) is 89.4 cm³/mol. The van der Waals surface area contributed by atoms with Gasteiger partial charge in [0, 0.05) is 21.0 Å². The van der Waals surface area contributed by atoms with Crippen LogP contribution < -0.4 is 5.32 Å². The number of rotatable bonds is 4. The van der Waals surface area contributed by atoms with Crippen molar-refractivity contribution in [3.05, 3.63) is 57.2 Å². The minimum Gasteiger partial charge on any atom is -0.403 e. The average molecular weight is 376 g/mol. The van der Waals surface area contributed by atoms with E-state index in [1.165, 1.54) is 6.08 Å². The van der Waals surface area contributed by atoms with Crippen molar-refractivity contribution >= 4 is 45.3 Å². The summed E-state index contributed by atoms with van der Waals surface area (Å²) in [6.07, 6.45) is 3.15. The topological polar surface area (TPSA) is 68.0 Å². The molecule has 0 radical (unpaired) electrons. The fourth-order valence-corrected chi connectivity index (χ4v) is 2.72. The van der Waals surface area contributed by atoms with Crippen molar-refractivity contribution in [1.82, 2.24) is 10.2 Å². The Bertz CT molecular complexity index is 812. The lowest BCUT2D eigenvalue weighted by Crippen LogP contribution is -2.07. The molecule has 0 fully saturated rings. The molecular weight excluding hydrogens is 366 g/mol. The average Bonchev–Trinajstić information content (AvgIpc) is 3.16. The monoisotopic (exact) mass is 375 g/mol. The molecule has 0 saturated carbocycles. The third-order valence-corrected chi connectivity index (χ3v) is 4.00. The summed E-state index contributed by atoms with van der Waals surface area (Å²) in [5, 5.41) is 12.2. The van der Waals surface area contributed by atoms with Crippen LogP contribution in [-0.4, -0.2) is 16.1 Å². The Morgan fingerprint density at radius 2 is 2.18 bits per heavy atom. The van der Waals surface area contributed by atoms with Gasteiger partial charge in [0.25, 0.3) is 5.91 Å². The Labute approximate surface area is 138 Å². The van der Waals surface area contributed by atoms with Crippen molar-refractivity contribution in [1.29, 1.82) is 0 Å². The zero-order valence-corrected chi connectivity index (χ0v) is 13.6. The van der Waals surface area contributed by atoms with E-state index in [9.17, 15) is 4.79 Å². The van der Waals surface area contributed by atoms with Gasteiger partial charge in [-0.3, -0.25) is 10.1 Å². The number of anilines is 1. The Hall–Kier alpha value is -2.25. The molecule has 0 aliphatic heterocycles. The summed E-state index contributed by atoms with van der Waals surface area (Å²) in [6.45, 7) is 0. The number of carbonyl (C=O) groups excluding carboxylic acids is 1. The first-order valence-electron chi connectivity index (χ1n) is 6.33. The van der Waals surface area contributed by atoms with Gasteiger partial charge in [0.1, 0.15) is 0 Å². The van der Waals surface area contributed by atoms with E-state index in [0.29, 0.717) is 5.89 Å². The fraction of sp³-hybridized carbons (Fsp3) is 0. The Kier molecular flexibility index (Phi) is 4.45. The number of thiophene rings is 1. The van der Waals surface area contributed by atoms with Crippen LogP contribution in [0.3, 0.4) is 0 Å². The lowest BCUT2D eigenvalue weighted by atomic mass is 10.2. The van der Waals surface area contributed by atoms with Gasteiger partial charge in [0.05, 0.1) is 0 Å². The zero-order chi connectivity index (χ0) is 15.4. The van der Waals surface area contributed by atoms with Gasteiger partial charge in [0.15, 0.2) is 0 Å². The summed E-state index contributed by atoms with van der Waals surface area (Å²) in [5.74, 6) is 0.0247. The van der Waals surface area contributed by atoms with Crippen molar-refractivity contribution in [3.8, 4) is 11.5 Å². The van der Waals surface area contributed by atoms with E-state index in [4.69, 9.17) is 4.42 Å². The molecule has 0 saturated heterocycles. The zero-order valence-electron chi connectivity index (χ0n) is 11.2. The van der Waals surface area contributed by atoms with Gasteiger partial charge in [0.2, 0.25) is 5.89 Å². The van der Waals surface area contributed by atoms with E-state index in [0.717, 1.165) is 14.9 Å². The van der Waals surface area contributed by atoms with Gasteiger partial charge in [-0.15, -0.1) is 16.4 Å². The number of nitrogens with one attached hydrogen (secondary N) is 1. The molecule has 110 valence electrons. The van der Waals surface area contributed by atoms with Gasteiger partial charge in [-0.2, -0.15) is 0 Å². The third kappa shape index (κ3) is 3.69. The van der Waals surface area contributed by atoms with Crippen molar-refractivity contribution in [2.45, 2.75) is 0 Å². The SMILES string of the molecule is O=C(C=Cc1cccs1)Nc1nnc(-c2cccc(Br)c2)o1. The summed E-state index contributed by atoms with van der Waals surface area (Å²) in [6, 6.07) is 11.4. The fourth-order valence-electron chi connectivity index (χ4n) is 1.70. The molecule has 0 bridgehead atoms. The summed E-state index contributed by atoms with van der Waals surface area (Å²) in [5.41, 5.74) is 0.775. The second-order valence-corrected chi connectivity index (χ2v) is 6.16. The van der Waals surface area contributed by atoms with E-state index in [2.05, 4.69) is 31.4 Å². The van der Waals surface area contributed by atoms with Crippen LogP contribution in [0.1, 0.15) is 4.88 Å². The van der Waals surface area contributed by atoms with Crippen molar-refractivity contribution in [2.75, 3.05) is 5.32 Å². The number of nitrogens with zero attached hydrogens (tertiary/aromatic N) is 2. The molecule has 1 aromatic carbocycles. The van der Waals surface area contributed by atoms with Crippen molar-refractivity contribution in [2.24, 2.45) is 0 Å². The smallest absolute Gasteiger partial charge is 0.322 e. The lowest BCUT2D eigenvalue weighted by molar-refractivity contribution is -0.112. The molecule has 0 spiro atoms. The third-order valence-electron chi connectivity index (χ3n) is 2.67. The maximum Gasteiger partial charge on any atom is 0.322 e. The number of benzene rings is 1. The van der Waals surface area contributed by atoms with E-state index >= 15 is 0 Å². The van der Waals surface area contributed by atoms with Gasteiger partial charge in [-0.05, 0) is 35.7 Å². The molecule has 3 aromatic rings. The highest BCUT2D eigenvalue weighted by molar-refractivity contribution is 9.10. The molecule has 0 atom stereocenters. The van der Waals surface area contributed by atoms with Gasteiger partial charge < -0.3 is 4.42 Å². The Morgan fingerprint density at radius 1 is 1.27 bits per heavy atom. The van der Waals surface area contributed by atoms with Crippen LogP contribution in [0.5, 0.6) is 0 Å². The number of aromatic nitrogens is 2. The number of hydrogen-bond acceptors (Lipinski definition) is 5. The van der Waals surface area contributed by atoms with Gasteiger partial charge in [-0.1, -0.05) is 33.2 Å². The predicted octanol–water partition coefficient (Wildman–Crippen LogP) is 4.21. The first kappa shape index (κ1) is 14.7. The maximum atomic E-state index is 11.8. The Balaban J connectivity index is 1.68. The van der Waals surface area contributed by atoms with E-state index in [1.54, 1.807) is 17.4 Å². The number of hydrogen-bond donors (Lipinski definition) is 1. The second-order valence-electron chi connectivity index (χ2n) is 4.26. The van der Waals surface area contributed by atoms with Crippen LogP contribution in [-0.2, 0) is 4.79 Å².